The van der Waals surface area contributed by atoms with Gasteiger partial charge in [-0.25, -0.2) is 0 Å². The largest absolute Gasteiger partial charge is 0.326 e. The summed E-state index contributed by atoms with van der Waals surface area (Å²) in [6.45, 7) is 1.41. The minimum atomic E-state index is -0.487. The number of nitro groups is 1. The molecule has 0 aliphatic carbocycles. The number of rotatable bonds is 4. The van der Waals surface area contributed by atoms with E-state index in [0.717, 1.165) is 11.8 Å². The van der Waals surface area contributed by atoms with Gasteiger partial charge in [-0.2, -0.15) is 0 Å². The van der Waals surface area contributed by atoms with Crippen LogP contribution in [-0.4, -0.2) is 21.1 Å². The minimum Gasteiger partial charge on any atom is -0.326 e. The van der Waals surface area contributed by atoms with E-state index in [4.69, 9.17) is 12.2 Å². The summed E-state index contributed by atoms with van der Waals surface area (Å²) in [5.41, 5.74) is 1.69. The van der Waals surface area contributed by atoms with E-state index in [1.165, 1.54) is 24.0 Å². The van der Waals surface area contributed by atoms with Crippen LogP contribution in [0.25, 0.3) is 6.08 Å². The van der Waals surface area contributed by atoms with Crippen LogP contribution in [0, 0.1) is 10.1 Å². The van der Waals surface area contributed by atoms with Gasteiger partial charge in [0.1, 0.15) is 0 Å². The van der Waals surface area contributed by atoms with Crippen LogP contribution in [0.4, 0.5) is 17.1 Å². The van der Waals surface area contributed by atoms with Crippen molar-refractivity contribution in [2.75, 3.05) is 10.2 Å². The standard InChI is InChI=1S/C18H13N3O4S2/c1-11(22)19-13-5-7-14(8-6-13)20-17(23)16(27-18(20)26)10-12-3-2-4-15(9-12)21(24)25/h2-10H,1H3,(H,19,22)/b16-10+. The highest BCUT2D eigenvalue weighted by molar-refractivity contribution is 8.27. The molecule has 2 aromatic carbocycles. The number of nitrogens with zero attached hydrogens (tertiary/aromatic N) is 2. The Hall–Kier alpha value is -3.04. The van der Waals surface area contributed by atoms with E-state index < -0.39 is 4.92 Å². The van der Waals surface area contributed by atoms with Gasteiger partial charge in [-0.1, -0.05) is 36.1 Å². The lowest BCUT2D eigenvalue weighted by Gasteiger charge is -2.15. The maximum atomic E-state index is 12.7. The number of carbonyl (C=O) groups excluding carboxylic acids is 2. The molecule has 0 unspecified atom stereocenters. The fraction of sp³-hybridized carbons (Fsp3) is 0.0556. The molecule has 1 aliphatic heterocycles. The molecule has 1 fully saturated rings. The van der Waals surface area contributed by atoms with Crippen molar-refractivity contribution < 1.29 is 14.5 Å². The normalized spacial score (nSPS) is 15.3. The first kappa shape index (κ1) is 18.7. The summed E-state index contributed by atoms with van der Waals surface area (Å²) in [7, 11) is 0. The smallest absolute Gasteiger partial charge is 0.270 e. The molecule has 0 aromatic heterocycles. The Morgan fingerprint density at radius 3 is 2.59 bits per heavy atom. The van der Waals surface area contributed by atoms with Crippen LogP contribution in [0.15, 0.2) is 53.4 Å². The number of amides is 2. The topological polar surface area (TPSA) is 92.6 Å². The van der Waals surface area contributed by atoms with E-state index in [9.17, 15) is 19.7 Å². The van der Waals surface area contributed by atoms with Gasteiger partial charge in [-0.3, -0.25) is 24.6 Å². The Morgan fingerprint density at radius 2 is 1.96 bits per heavy atom. The number of hydrogen-bond donors (Lipinski definition) is 1. The molecule has 1 saturated heterocycles. The van der Waals surface area contributed by atoms with Crippen LogP contribution in [-0.2, 0) is 9.59 Å². The molecule has 2 aromatic rings. The number of anilines is 2. The van der Waals surface area contributed by atoms with Crippen molar-refractivity contribution in [2.24, 2.45) is 0 Å². The van der Waals surface area contributed by atoms with Crippen molar-refractivity contribution in [3.05, 3.63) is 69.1 Å². The van der Waals surface area contributed by atoms with Crippen molar-refractivity contribution >= 4 is 63.3 Å². The third-order valence-corrected chi connectivity index (χ3v) is 4.92. The van der Waals surface area contributed by atoms with E-state index in [0.29, 0.717) is 26.2 Å². The molecule has 136 valence electrons. The third kappa shape index (κ3) is 4.21. The molecule has 27 heavy (non-hydrogen) atoms. The number of carbonyl (C=O) groups is 2. The molecule has 1 aliphatic rings. The molecule has 9 heteroatoms. The highest BCUT2D eigenvalue weighted by Crippen LogP contribution is 2.36. The second-order valence-electron chi connectivity index (χ2n) is 5.60. The van der Waals surface area contributed by atoms with E-state index >= 15 is 0 Å². The lowest BCUT2D eigenvalue weighted by atomic mass is 10.2. The second kappa shape index (κ2) is 7.68. The average Bonchev–Trinajstić information content (AvgIpc) is 2.89. The van der Waals surface area contributed by atoms with E-state index in [1.54, 1.807) is 42.5 Å². The van der Waals surface area contributed by atoms with Gasteiger partial charge in [0.05, 0.1) is 15.5 Å². The van der Waals surface area contributed by atoms with Crippen molar-refractivity contribution in [1.82, 2.24) is 0 Å². The first-order valence-corrected chi connectivity index (χ1v) is 8.98. The van der Waals surface area contributed by atoms with Crippen molar-refractivity contribution in [3.63, 3.8) is 0 Å². The molecule has 3 rings (SSSR count). The number of non-ortho nitro benzene ring substituents is 1. The molecule has 0 radical (unpaired) electrons. The average molecular weight is 399 g/mol. The van der Waals surface area contributed by atoms with E-state index in [1.807, 2.05) is 0 Å². The highest BCUT2D eigenvalue weighted by atomic mass is 32.2. The van der Waals surface area contributed by atoms with E-state index in [2.05, 4.69) is 5.32 Å². The van der Waals surface area contributed by atoms with Crippen LogP contribution in [0.1, 0.15) is 12.5 Å². The summed E-state index contributed by atoms with van der Waals surface area (Å²) in [4.78, 5) is 36.0. The summed E-state index contributed by atoms with van der Waals surface area (Å²) in [6.07, 6.45) is 1.58. The molecule has 7 nitrogen and oxygen atoms in total. The summed E-state index contributed by atoms with van der Waals surface area (Å²) in [5.74, 6) is -0.489. The van der Waals surface area contributed by atoms with Gasteiger partial charge in [0, 0.05) is 24.7 Å². The number of thioether (sulfide) groups is 1. The van der Waals surface area contributed by atoms with Crippen molar-refractivity contribution in [2.45, 2.75) is 6.92 Å². The molecule has 0 atom stereocenters. The Morgan fingerprint density at radius 1 is 1.26 bits per heavy atom. The quantitative estimate of drug-likeness (QED) is 0.362. The highest BCUT2D eigenvalue weighted by Gasteiger charge is 2.33. The molecule has 2 amide bonds. The minimum absolute atomic E-state index is 0.0483. The monoisotopic (exact) mass is 399 g/mol. The van der Waals surface area contributed by atoms with Gasteiger partial charge >= 0.3 is 0 Å². The van der Waals surface area contributed by atoms with Gasteiger partial charge < -0.3 is 5.32 Å². The Balaban J connectivity index is 1.85. The van der Waals surface area contributed by atoms with Crippen molar-refractivity contribution in [3.8, 4) is 0 Å². The molecular weight excluding hydrogens is 386 g/mol. The van der Waals surface area contributed by atoms with Crippen LogP contribution < -0.4 is 10.2 Å². The number of nitrogens with one attached hydrogen (secondary N) is 1. The zero-order valence-electron chi connectivity index (χ0n) is 14.0. The van der Waals surface area contributed by atoms with Gasteiger partial charge in [-0.05, 0) is 35.9 Å². The first-order valence-electron chi connectivity index (χ1n) is 7.75. The number of nitro benzene ring substituents is 1. The Labute approximate surface area is 164 Å². The van der Waals surface area contributed by atoms with Crippen LogP contribution in [0.5, 0.6) is 0 Å². The second-order valence-corrected chi connectivity index (χ2v) is 7.27. The van der Waals surface area contributed by atoms with Gasteiger partial charge in [0.15, 0.2) is 4.32 Å². The van der Waals surface area contributed by atoms with Crippen molar-refractivity contribution in [1.29, 1.82) is 0 Å². The zero-order valence-corrected chi connectivity index (χ0v) is 15.7. The van der Waals surface area contributed by atoms with Crippen LogP contribution >= 0.6 is 24.0 Å². The summed E-state index contributed by atoms with van der Waals surface area (Å²) >= 11 is 6.44. The lowest BCUT2D eigenvalue weighted by Crippen LogP contribution is -2.27. The third-order valence-electron chi connectivity index (χ3n) is 3.62. The van der Waals surface area contributed by atoms with Gasteiger partial charge in [0.25, 0.3) is 11.6 Å². The maximum Gasteiger partial charge on any atom is 0.270 e. The number of thiocarbonyl (C=S) groups is 1. The number of benzene rings is 2. The summed E-state index contributed by atoms with van der Waals surface area (Å²) in [6, 6.07) is 12.8. The molecule has 0 bridgehead atoms. The summed E-state index contributed by atoms with van der Waals surface area (Å²) in [5, 5.41) is 13.5. The molecule has 0 saturated carbocycles. The SMILES string of the molecule is CC(=O)Nc1ccc(N2C(=O)/C(=C\c3cccc([N+](=O)[O-])c3)SC2=S)cc1. The first-order chi connectivity index (χ1) is 12.8. The molecule has 0 spiro atoms. The molecule has 1 heterocycles. The summed E-state index contributed by atoms with van der Waals surface area (Å²) < 4.78 is 0.365. The predicted octanol–water partition coefficient (Wildman–Crippen LogP) is 3.96. The maximum absolute atomic E-state index is 12.7. The molecular formula is C18H13N3O4S2. The lowest BCUT2D eigenvalue weighted by molar-refractivity contribution is -0.384. The Bertz CT molecular complexity index is 986. The zero-order chi connectivity index (χ0) is 19.6. The van der Waals surface area contributed by atoms with E-state index in [-0.39, 0.29) is 17.5 Å². The van der Waals surface area contributed by atoms with Gasteiger partial charge in [-0.15, -0.1) is 0 Å². The fourth-order valence-corrected chi connectivity index (χ4v) is 3.77. The molecule has 1 N–H and O–H groups in total. The van der Waals surface area contributed by atoms with Crippen LogP contribution in [0.3, 0.4) is 0 Å². The number of hydrogen-bond acceptors (Lipinski definition) is 6. The fourth-order valence-electron chi connectivity index (χ4n) is 2.47. The predicted molar refractivity (Wildman–Crippen MR) is 109 cm³/mol. The van der Waals surface area contributed by atoms with Gasteiger partial charge in [0.2, 0.25) is 5.91 Å². The Kier molecular flexibility index (Phi) is 5.33. The van der Waals surface area contributed by atoms with Crippen LogP contribution in [0.2, 0.25) is 0 Å².